The molecule has 0 bridgehead atoms. The van der Waals surface area contributed by atoms with Crippen molar-refractivity contribution < 1.29 is 23.4 Å². The van der Waals surface area contributed by atoms with E-state index in [9.17, 15) is 18.3 Å². The van der Waals surface area contributed by atoms with Gasteiger partial charge in [-0.2, -0.15) is 0 Å². The number of aromatic nitrogens is 2. The second kappa shape index (κ2) is 10.7. The lowest BCUT2D eigenvalue weighted by Crippen LogP contribution is -2.24. The number of sulfone groups is 1. The van der Waals surface area contributed by atoms with E-state index >= 15 is 0 Å². The third kappa shape index (κ3) is 6.48. The Bertz CT molecular complexity index is 1040. The van der Waals surface area contributed by atoms with Crippen molar-refractivity contribution in [1.82, 2.24) is 9.97 Å². The van der Waals surface area contributed by atoms with Gasteiger partial charge in [0, 0.05) is 12.7 Å². The van der Waals surface area contributed by atoms with Gasteiger partial charge in [0.05, 0.1) is 46.6 Å². The molecular formula is C22H28ClN3O5S. The van der Waals surface area contributed by atoms with Crippen LogP contribution in [0.5, 0.6) is 0 Å². The Morgan fingerprint density at radius 2 is 1.97 bits per heavy atom. The largest absolute Gasteiger partial charge is 0.394 e. The van der Waals surface area contributed by atoms with Crippen LogP contribution in [0.3, 0.4) is 0 Å². The number of hydrogen-bond acceptors (Lipinski definition) is 7. The zero-order chi connectivity index (χ0) is 23.3. The van der Waals surface area contributed by atoms with Gasteiger partial charge in [0.1, 0.15) is 0 Å². The topological polar surface area (TPSA) is 129 Å². The minimum atomic E-state index is -3.47. The Hall–Kier alpha value is -2.07. The summed E-state index contributed by atoms with van der Waals surface area (Å²) in [6.45, 7) is -0.371. The maximum Gasteiger partial charge on any atom is 0.233 e. The molecule has 1 aromatic carbocycles. The first kappa shape index (κ1) is 24.6. The first-order valence-corrected chi connectivity index (χ1v) is 12.8. The van der Waals surface area contributed by atoms with Gasteiger partial charge in [0.15, 0.2) is 15.7 Å². The third-order valence-electron chi connectivity index (χ3n) is 5.73. The van der Waals surface area contributed by atoms with Crippen LogP contribution in [0.4, 0.5) is 5.82 Å². The van der Waals surface area contributed by atoms with Crippen LogP contribution < -0.4 is 5.32 Å². The molecular weight excluding hydrogens is 454 g/mol. The Labute approximate surface area is 193 Å². The van der Waals surface area contributed by atoms with E-state index < -0.39 is 21.9 Å². The summed E-state index contributed by atoms with van der Waals surface area (Å²) in [7, 11) is -3.47. The Morgan fingerprint density at radius 3 is 2.53 bits per heavy atom. The van der Waals surface area contributed by atoms with Crippen molar-refractivity contribution in [3.63, 3.8) is 0 Å². The van der Waals surface area contributed by atoms with E-state index in [0.717, 1.165) is 31.9 Å². The highest BCUT2D eigenvalue weighted by Crippen LogP contribution is 2.36. The number of hydrogen-bond donors (Lipinski definition) is 3. The number of nitrogens with zero attached hydrogens (tertiary/aromatic N) is 2. The molecule has 1 heterocycles. The number of amides is 1. The van der Waals surface area contributed by atoms with Crippen molar-refractivity contribution in [2.75, 3.05) is 18.2 Å². The van der Waals surface area contributed by atoms with Gasteiger partial charge in [-0.1, -0.05) is 43.4 Å². The van der Waals surface area contributed by atoms with Crippen LogP contribution in [-0.4, -0.2) is 53.5 Å². The Kier molecular flexibility index (Phi) is 8.21. The SMILES string of the molecule is CS(=O)(=O)c1ccc([C@@H](CC2CCCC2)C(=O)Nc2cnc(C[C@@H](O)CO)cn2)cc1Cl. The van der Waals surface area contributed by atoms with Gasteiger partial charge in [0.25, 0.3) is 0 Å². The average molecular weight is 482 g/mol. The van der Waals surface area contributed by atoms with Crippen LogP contribution in [0.2, 0.25) is 5.02 Å². The Morgan fingerprint density at radius 1 is 1.25 bits per heavy atom. The van der Waals surface area contributed by atoms with Gasteiger partial charge in [-0.05, 0) is 30.0 Å². The molecule has 1 saturated carbocycles. The molecule has 2 aromatic rings. The first-order chi connectivity index (χ1) is 15.2. The van der Waals surface area contributed by atoms with Crippen molar-refractivity contribution in [3.05, 3.63) is 46.9 Å². The number of benzene rings is 1. The molecule has 174 valence electrons. The lowest BCUT2D eigenvalue weighted by Gasteiger charge is -2.21. The zero-order valence-corrected chi connectivity index (χ0v) is 19.4. The van der Waals surface area contributed by atoms with Gasteiger partial charge in [-0.15, -0.1) is 0 Å². The quantitative estimate of drug-likeness (QED) is 0.502. The van der Waals surface area contributed by atoms with Gasteiger partial charge in [-0.3, -0.25) is 9.78 Å². The van der Waals surface area contributed by atoms with Gasteiger partial charge in [-0.25, -0.2) is 13.4 Å². The van der Waals surface area contributed by atoms with Gasteiger partial charge in [0.2, 0.25) is 5.91 Å². The van der Waals surface area contributed by atoms with Crippen LogP contribution in [0.15, 0.2) is 35.5 Å². The summed E-state index contributed by atoms with van der Waals surface area (Å²) in [4.78, 5) is 21.6. The van der Waals surface area contributed by atoms with E-state index in [1.807, 2.05) is 0 Å². The predicted molar refractivity (Wildman–Crippen MR) is 121 cm³/mol. The highest BCUT2D eigenvalue weighted by molar-refractivity contribution is 7.90. The van der Waals surface area contributed by atoms with Crippen molar-refractivity contribution in [3.8, 4) is 0 Å². The molecule has 3 rings (SSSR count). The monoisotopic (exact) mass is 481 g/mol. The highest BCUT2D eigenvalue weighted by atomic mass is 35.5. The number of rotatable bonds is 9. The van der Waals surface area contributed by atoms with Crippen molar-refractivity contribution in [2.45, 2.75) is 55.4 Å². The van der Waals surface area contributed by atoms with Crippen molar-refractivity contribution >= 4 is 33.2 Å². The summed E-state index contributed by atoms with van der Waals surface area (Å²) < 4.78 is 23.8. The number of aliphatic hydroxyl groups excluding tert-OH is 2. The summed E-state index contributed by atoms with van der Waals surface area (Å²) in [5.41, 5.74) is 1.15. The smallest absolute Gasteiger partial charge is 0.233 e. The number of aliphatic hydroxyl groups is 2. The molecule has 1 amide bonds. The number of carbonyl (C=O) groups excluding carboxylic acids is 1. The Balaban J connectivity index is 1.80. The lowest BCUT2D eigenvalue weighted by molar-refractivity contribution is -0.118. The molecule has 8 nitrogen and oxygen atoms in total. The number of anilines is 1. The molecule has 1 aromatic heterocycles. The maximum atomic E-state index is 13.2. The third-order valence-corrected chi connectivity index (χ3v) is 7.31. The van der Waals surface area contributed by atoms with E-state index in [-0.39, 0.29) is 34.7 Å². The van der Waals surface area contributed by atoms with E-state index in [4.69, 9.17) is 16.7 Å². The van der Waals surface area contributed by atoms with E-state index in [1.165, 1.54) is 18.5 Å². The molecule has 0 spiro atoms. The fourth-order valence-corrected chi connectivity index (χ4v) is 5.39. The van der Waals surface area contributed by atoms with E-state index in [1.54, 1.807) is 12.1 Å². The standard InChI is InChI=1S/C22H28ClN3O5S/c1-32(30,31)20-7-6-15(9-19(20)23)18(8-14-4-2-3-5-14)22(29)26-21-12-24-16(11-25-21)10-17(28)13-27/h6-7,9,11-12,14,17-18,27-28H,2-5,8,10,13H2,1H3,(H,25,26,29)/t17-,18-/m1/s1. The predicted octanol–water partition coefficient (Wildman–Crippen LogP) is 2.73. The van der Waals surface area contributed by atoms with E-state index in [2.05, 4.69) is 15.3 Å². The molecule has 3 N–H and O–H groups in total. The molecule has 1 fully saturated rings. The van der Waals surface area contributed by atoms with Crippen LogP contribution in [0, 0.1) is 5.92 Å². The van der Waals surface area contributed by atoms with Crippen molar-refractivity contribution in [2.24, 2.45) is 5.92 Å². The molecule has 0 saturated heterocycles. The van der Waals surface area contributed by atoms with Crippen LogP contribution in [0.1, 0.15) is 49.3 Å². The summed E-state index contributed by atoms with van der Waals surface area (Å²) in [5, 5.41) is 21.3. The van der Waals surface area contributed by atoms with Crippen LogP contribution >= 0.6 is 11.6 Å². The molecule has 32 heavy (non-hydrogen) atoms. The highest BCUT2D eigenvalue weighted by Gasteiger charge is 2.28. The fraction of sp³-hybridized carbons (Fsp3) is 0.500. The molecule has 1 aliphatic rings. The zero-order valence-electron chi connectivity index (χ0n) is 17.9. The fourth-order valence-electron chi connectivity index (χ4n) is 4.05. The summed E-state index contributed by atoms with van der Waals surface area (Å²) in [6, 6.07) is 4.65. The second-order valence-electron chi connectivity index (χ2n) is 8.32. The molecule has 0 unspecified atom stereocenters. The van der Waals surface area contributed by atoms with Gasteiger partial charge >= 0.3 is 0 Å². The molecule has 0 radical (unpaired) electrons. The maximum absolute atomic E-state index is 13.2. The molecule has 2 atom stereocenters. The number of nitrogens with one attached hydrogen (secondary N) is 1. The normalized spacial score (nSPS) is 16.6. The minimum Gasteiger partial charge on any atom is -0.394 e. The first-order valence-electron chi connectivity index (χ1n) is 10.6. The summed E-state index contributed by atoms with van der Waals surface area (Å²) in [6.07, 6.45) is 8.21. The summed E-state index contributed by atoms with van der Waals surface area (Å²) >= 11 is 6.24. The van der Waals surface area contributed by atoms with Crippen LogP contribution in [-0.2, 0) is 21.1 Å². The molecule has 1 aliphatic carbocycles. The van der Waals surface area contributed by atoms with Gasteiger partial charge < -0.3 is 15.5 Å². The molecule has 0 aliphatic heterocycles. The minimum absolute atomic E-state index is 0.0365. The van der Waals surface area contributed by atoms with Crippen LogP contribution in [0.25, 0.3) is 0 Å². The number of halogens is 1. The average Bonchev–Trinajstić information content (AvgIpc) is 3.25. The molecule has 10 heteroatoms. The second-order valence-corrected chi connectivity index (χ2v) is 10.7. The van der Waals surface area contributed by atoms with E-state index in [0.29, 0.717) is 23.6 Å². The van der Waals surface area contributed by atoms with Crippen molar-refractivity contribution in [1.29, 1.82) is 0 Å². The summed E-state index contributed by atoms with van der Waals surface area (Å²) in [5.74, 6) is -0.0977. The number of carbonyl (C=O) groups is 1. The lowest BCUT2D eigenvalue weighted by atomic mass is 9.87.